The van der Waals surface area contributed by atoms with Crippen LogP contribution in [0.25, 0.3) is 0 Å². The normalized spacial score (nSPS) is 23.3. The van der Waals surface area contributed by atoms with E-state index in [0.717, 1.165) is 16.8 Å². The molecule has 4 rings (SSSR count). The molecule has 0 aromatic heterocycles. The molecular weight excluding hydrogens is 364 g/mol. The van der Waals surface area contributed by atoms with Crippen molar-refractivity contribution in [2.75, 3.05) is 0 Å². The molecule has 2 aliphatic rings. The van der Waals surface area contributed by atoms with E-state index in [4.69, 9.17) is 4.74 Å². The standard InChI is InChI=1S/C24H26N2O3/c1-23(2,3)29-22(28)20-13-24(16-25-19-12-8-7-11-18(19)24)14-21(27)26(20)15-17-9-5-4-6-10-17/h4-12,16,20H,13-15H2,1-3H3/t20-,24+/m1/s1. The molecule has 1 amide bonds. The van der Waals surface area contributed by atoms with Gasteiger partial charge in [-0.05, 0) is 44.4 Å². The van der Waals surface area contributed by atoms with E-state index in [2.05, 4.69) is 4.99 Å². The van der Waals surface area contributed by atoms with Gasteiger partial charge in [0, 0.05) is 24.6 Å². The number of rotatable bonds is 3. The third kappa shape index (κ3) is 3.82. The van der Waals surface area contributed by atoms with Crippen LogP contribution >= 0.6 is 0 Å². The molecule has 2 aromatic carbocycles. The highest BCUT2D eigenvalue weighted by molar-refractivity contribution is 5.96. The number of aliphatic imine (C=N–C) groups is 1. The highest BCUT2D eigenvalue weighted by Crippen LogP contribution is 2.46. The fourth-order valence-corrected chi connectivity index (χ4v) is 4.20. The van der Waals surface area contributed by atoms with Crippen molar-refractivity contribution in [2.45, 2.75) is 57.2 Å². The lowest BCUT2D eigenvalue weighted by Gasteiger charge is -2.43. The van der Waals surface area contributed by atoms with Crippen LogP contribution in [0.1, 0.15) is 44.7 Å². The maximum atomic E-state index is 13.3. The monoisotopic (exact) mass is 390 g/mol. The second-order valence-electron chi connectivity index (χ2n) is 8.87. The zero-order valence-electron chi connectivity index (χ0n) is 17.1. The quantitative estimate of drug-likeness (QED) is 0.739. The van der Waals surface area contributed by atoms with Crippen LogP contribution in [0.4, 0.5) is 5.69 Å². The van der Waals surface area contributed by atoms with Gasteiger partial charge in [0.05, 0.1) is 5.69 Å². The lowest BCUT2D eigenvalue weighted by atomic mass is 9.71. The van der Waals surface area contributed by atoms with E-state index in [-0.39, 0.29) is 11.9 Å². The zero-order chi connectivity index (χ0) is 20.6. The third-order valence-corrected chi connectivity index (χ3v) is 5.49. The number of ether oxygens (including phenoxy) is 1. The zero-order valence-corrected chi connectivity index (χ0v) is 17.1. The van der Waals surface area contributed by atoms with E-state index in [1.807, 2.05) is 81.6 Å². The van der Waals surface area contributed by atoms with Crippen LogP contribution in [0, 0.1) is 0 Å². The Morgan fingerprint density at radius 2 is 1.83 bits per heavy atom. The number of esters is 1. The lowest BCUT2D eigenvalue weighted by molar-refractivity contribution is -0.168. The summed E-state index contributed by atoms with van der Waals surface area (Å²) in [5.74, 6) is -0.419. The number of benzene rings is 2. The van der Waals surface area contributed by atoms with Gasteiger partial charge in [-0.3, -0.25) is 9.79 Å². The van der Waals surface area contributed by atoms with Crippen molar-refractivity contribution in [3.63, 3.8) is 0 Å². The Balaban J connectivity index is 1.69. The van der Waals surface area contributed by atoms with Crippen LogP contribution in [0.3, 0.4) is 0 Å². The minimum atomic E-state index is -0.659. The van der Waals surface area contributed by atoms with E-state index >= 15 is 0 Å². The summed E-state index contributed by atoms with van der Waals surface area (Å²) in [6.07, 6.45) is 2.63. The summed E-state index contributed by atoms with van der Waals surface area (Å²) >= 11 is 0. The molecule has 5 heteroatoms. The molecule has 1 spiro atoms. The number of carbonyl (C=O) groups is 2. The average molecular weight is 390 g/mol. The molecule has 2 aromatic rings. The van der Waals surface area contributed by atoms with Crippen molar-refractivity contribution < 1.29 is 14.3 Å². The fourth-order valence-electron chi connectivity index (χ4n) is 4.20. The number of fused-ring (bicyclic) bond motifs is 2. The van der Waals surface area contributed by atoms with Gasteiger partial charge < -0.3 is 9.64 Å². The van der Waals surface area contributed by atoms with Gasteiger partial charge in [-0.2, -0.15) is 0 Å². The van der Waals surface area contributed by atoms with Gasteiger partial charge in [-0.15, -0.1) is 0 Å². The third-order valence-electron chi connectivity index (χ3n) is 5.49. The van der Waals surface area contributed by atoms with Gasteiger partial charge >= 0.3 is 5.97 Å². The van der Waals surface area contributed by atoms with Crippen molar-refractivity contribution in [1.29, 1.82) is 0 Å². The second-order valence-corrected chi connectivity index (χ2v) is 8.87. The van der Waals surface area contributed by atoms with Gasteiger partial charge in [0.15, 0.2) is 0 Å². The minimum absolute atomic E-state index is 0.0564. The van der Waals surface area contributed by atoms with Crippen molar-refractivity contribution in [2.24, 2.45) is 4.99 Å². The van der Waals surface area contributed by atoms with Crippen LogP contribution in [-0.2, 0) is 26.3 Å². The number of likely N-dealkylation sites (tertiary alicyclic amines) is 1. The van der Waals surface area contributed by atoms with Gasteiger partial charge in [0.25, 0.3) is 0 Å². The Morgan fingerprint density at radius 3 is 2.55 bits per heavy atom. The van der Waals surface area contributed by atoms with Crippen LogP contribution in [-0.4, -0.2) is 34.6 Å². The molecule has 0 saturated carbocycles. The summed E-state index contributed by atoms with van der Waals surface area (Å²) in [5, 5.41) is 0. The molecule has 1 fully saturated rings. The first-order valence-corrected chi connectivity index (χ1v) is 9.98. The molecule has 150 valence electrons. The lowest BCUT2D eigenvalue weighted by Crippen LogP contribution is -2.56. The van der Waals surface area contributed by atoms with Crippen LogP contribution in [0.2, 0.25) is 0 Å². The number of nitrogens with zero attached hydrogens (tertiary/aromatic N) is 2. The van der Waals surface area contributed by atoms with Crippen LogP contribution < -0.4 is 0 Å². The number of para-hydroxylation sites is 1. The molecule has 2 aliphatic heterocycles. The Hall–Kier alpha value is -2.95. The maximum Gasteiger partial charge on any atom is 0.329 e. The highest BCUT2D eigenvalue weighted by Gasteiger charge is 2.50. The molecule has 0 aliphatic carbocycles. The molecule has 0 bridgehead atoms. The van der Waals surface area contributed by atoms with E-state index in [1.165, 1.54) is 0 Å². The minimum Gasteiger partial charge on any atom is -0.458 e. The van der Waals surface area contributed by atoms with Gasteiger partial charge in [0.1, 0.15) is 11.6 Å². The van der Waals surface area contributed by atoms with Gasteiger partial charge in [0.2, 0.25) is 5.91 Å². The fraction of sp³-hybridized carbons (Fsp3) is 0.375. The second kappa shape index (κ2) is 7.14. The Labute approximate surface area is 171 Å². The Kier molecular flexibility index (Phi) is 4.77. The molecule has 0 unspecified atom stereocenters. The highest BCUT2D eigenvalue weighted by atomic mass is 16.6. The van der Waals surface area contributed by atoms with E-state index in [9.17, 15) is 9.59 Å². The van der Waals surface area contributed by atoms with E-state index in [1.54, 1.807) is 4.90 Å². The molecule has 2 atom stereocenters. The molecule has 0 radical (unpaired) electrons. The number of piperidine rings is 1. The Bertz CT molecular complexity index is 962. The number of amides is 1. The summed E-state index contributed by atoms with van der Waals surface area (Å²) in [6.45, 7) is 5.93. The summed E-state index contributed by atoms with van der Waals surface area (Å²) in [6, 6.07) is 16.9. The predicted molar refractivity (Wildman–Crippen MR) is 112 cm³/mol. The molecule has 5 nitrogen and oxygen atoms in total. The van der Waals surface area contributed by atoms with Crippen LogP contribution in [0.15, 0.2) is 59.6 Å². The Morgan fingerprint density at radius 1 is 1.14 bits per heavy atom. The number of hydrogen-bond donors (Lipinski definition) is 0. The van der Waals surface area contributed by atoms with Crippen molar-refractivity contribution in [1.82, 2.24) is 4.90 Å². The summed E-state index contributed by atoms with van der Waals surface area (Å²) in [7, 11) is 0. The van der Waals surface area contributed by atoms with Crippen molar-refractivity contribution in [3.05, 3.63) is 65.7 Å². The van der Waals surface area contributed by atoms with E-state index < -0.39 is 17.1 Å². The van der Waals surface area contributed by atoms with E-state index in [0.29, 0.717) is 19.4 Å². The first-order valence-electron chi connectivity index (χ1n) is 9.98. The number of hydrogen-bond acceptors (Lipinski definition) is 4. The number of carbonyl (C=O) groups excluding carboxylic acids is 2. The maximum absolute atomic E-state index is 13.3. The topological polar surface area (TPSA) is 59.0 Å². The first kappa shape index (κ1) is 19.4. The SMILES string of the molecule is CC(C)(C)OC(=O)[C@H]1C[C@@]2(C=Nc3ccccc32)CC(=O)N1Cc1ccccc1. The molecule has 0 N–H and O–H groups in total. The first-order chi connectivity index (χ1) is 13.8. The molecular formula is C24H26N2O3. The average Bonchev–Trinajstić information content (AvgIpc) is 3.01. The summed E-state index contributed by atoms with van der Waals surface area (Å²) in [5.41, 5.74) is 1.71. The van der Waals surface area contributed by atoms with Crippen molar-refractivity contribution in [3.8, 4) is 0 Å². The molecule has 2 heterocycles. The molecule has 1 saturated heterocycles. The van der Waals surface area contributed by atoms with Gasteiger partial charge in [-0.25, -0.2) is 4.79 Å². The summed E-state index contributed by atoms with van der Waals surface area (Å²) in [4.78, 5) is 32.7. The van der Waals surface area contributed by atoms with Crippen molar-refractivity contribution >= 4 is 23.8 Å². The summed E-state index contributed by atoms with van der Waals surface area (Å²) < 4.78 is 5.71. The largest absolute Gasteiger partial charge is 0.458 e. The van der Waals surface area contributed by atoms with Crippen LogP contribution in [0.5, 0.6) is 0 Å². The molecule has 29 heavy (non-hydrogen) atoms. The van der Waals surface area contributed by atoms with Gasteiger partial charge in [-0.1, -0.05) is 48.5 Å². The smallest absolute Gasteiger partial charge is 0.329 e. The predicted octanol–water partition coefficient (Wildman–Crippen LogP) is 4.17.